The van der Waals surface area contributed by atoms with Crippen molar-refractivity contribution in [3.05, 3.63) is 70.5 Å². The summed E-state index contributed by atoms with van der Waals surface area (Å²) in [4.78, 5) is 33.9. The average Bonchev–Trinajstić information content (AvgIpc) is 3.65. The summed E-state index contributed by atoms with van der Waals surface area (Å²) in [6, 6.07) is 12.1. The molecule has 1 aromatic carbocycles. The van der Waals surface area contributed by atoms with Crippen LogP contribution in [0.4, 0.5) is 0 Å². The normalized spacial score (nSPS) is 14.0. The maximum Gasteiger partial charge on any atom is 0.340 e. The van der Waals surface area contributed by atoms with Crippen LogP contribution in [-0.2, 0) is 9.53 Å². The van der Waals surface area contributed by atoms with Gasteiger partial charge in [-0.3, -0.25) is 14.3 Å². The molecular formula is C25H24ClN5O5. The van der Waals surface area contributed by atoms with E-state index >= 15 is 0 Å². The van der Waals surface area contributed by atoms with Gasteiger partial charge in [-0.2, -0.15) is 0 Å². The molecule has 36 heavy (non-hydrogen) atoms. The van der Waals surface area contributed by atoms with Gasteiger partial charge in [0.15, 0.2) is 11.5 Å². The lowest BCUT2D eigenvalue weighted by molar-refractivity contribution is -0.150. The molecule has 0 saturated heterocycles. The van der Waals surface area contributed by atoms with Gasteiger partial charge >= 0.3 is 11.7 Å². The topological polar surface area (TPSA) is 123 Å². The molecule has 1 aliphatic rings. The Bertz CT molecular complexity index is 1460. The second-order valence-electron chi connectivity index (χ2n) is 8.39. The first-order chi connectivity index (χ1) is 17.5. The molecule has 1 aliphatic carbocycles. The molecule has 3 heterocycles. The summed E-state index contributed by atoms with van der Waals surface area (Å²) in [6.45, 7) is 0.00591. The van der Waals surface area contributed by atoms with Crippen LogP contribution in [0.2, 0.25) is 5.02 Å². The smallest absolute Gasteiger partial charge is 0.340 e. The lowest BCUT2D eigenvalue weighted by atomic mass is 10.2. The highest BCUT2D eigenvalue weighted by atomic mass is 35.5. The van der Waals surface area contributed by atoms with Crippen LogP contribution in [0.5, 0.6) is 11.5 Å². The van der Waals surface area contributed by atoms with Gasteiger partial charge in [-0.15, -0.1) is 0 Å². The van der Waals surface area contributed by atoms with E-state index in [9.17, 15) is 9.59 Å². The first kappa shape index (κ1) is 23.8. The van der Waals surface area contributed by atoms with Crippen molar-refractivity contribution in [1.82, 2.24) is 18.9 Å². The summed E-state index contributed by atoms with van der Waals surface area (Å²) in [5, 5.41) is 0.505. The molecule has 0 amide bonds. The van der Waals surface area contributed by atoms with E-state index in [0.717, 1.165) is 12.8 Å². The molecule has 0 unspecified atom stereocenters. The Morgan fingerprint density at radius 1 is 1.17 bits per heavy atom. The predicted molar refractivity (Wildman–Crippen MR) is 133 cm³/mol. The van der Waals surface area contributed by atoms with Gasteiger partial charge in [0.2, 0.25) is 0 Å². The number of hydrogen-bond donors (Lipinski definition) is 1. The number of benzene rings is 1. The number of hydrogen-bond acceptors (Lipinski definition) is 8. The number of rotatable bonds is 9. The molecule has 3 aromatic heterocycles. The van der Waals surface area contributed by atoms with Crippen molar-refractivity contribution >= 4 is 23.2 Å². The summed E-state index contributed by atoms with van der Waals surface area (Å²) in [7, 11) is 1.51. The largest absolute Gasteiger partial charge is 0.493 e. The standard InChI is InChI=1S/C25H24ClN5O5/c1-34-21-10-17(5-8-20(21)35-13-22(15-2-3-15)36-24(32)11-27)30-14-29-23-9-7-19(31(23)25(30)33)18-6-4-16(26)12-28-18/h4-10,12,14-15,22H,2-3,11,13,27H2,1H3/t22-/m0/s1. The fourth-order valence-corrected chi connectivity index (χ4v) is 4.07. The Morgan fingerprint density at radius 3 is 2.69 bits per heavy atom. The zero-order chi connectivity index (χ0) is 25.2. The van der Waals surface area contributed by atoms with E-state index in [1.165, 1.54) is 28.6 Å². The number of fused-ring (bicyclic) bond motifs is 1. The van der Waals surface area contributed by atoms with Gasteiger partial charge in [-0.25, -0.2) is 14.2 Å². The van der Waals surface area contributed by atoms with Crippen molar-refractivity contribution in [2.45, 2.75) is 18.9 Å². The van der Waals surface area contributed by atoms with E-state index in [2.05, 4.69) is 9.97 Å². The number of methoxy groups -OCH3 is 1. The Balaban J connectivity index is 1.44. The van der Waals surface area contributed by atoms with Crippen LogP contribution in [0.1, 0.15) is 12.8 Å². The number of carbonyl (C=O) groups is 1. The first-order valence-corrected chi connectivity index (χ1v) is 11.8. The van der Waals surface area contributed by atoms with Gasteiger partial charge in [0, 0.05) is 12.3 Å². The fourth-order valence-electron chi connectivity index (χ4n) is 3.95. The summed E-state index contributed by atoms with van der Waals surface area (Å²) in [5.41, 5.74) is 7.27. The van der Waals surface area contributed by atoms with Gasteiger partial charge in [-0.1, -0.05) is 11.6 Å². The van der Waals surface area contributed by atoms with Crippen LogP contribution in [0.15, 0.2) is 59.8 Å². The Kier molecular flexibility index (Phi) is 6.62. The SMILES string of the molecule is COc1cc(-n2cnc3ccc(-c4ccc(Cl)cn4)n3c2=O)ccc1OC[C@H](OC(=O)CN)C1CC1. The van der Waals surface area contributed by atoms with Gasteiger partial charge < -0.3 is 19.9 Å². The minimum atomic E-state index is -0.460. The number of carbonyl (C=O) groups excluding carboxylic acids is 1. The molecule has 10 nitrogen and oxygen atoms in total. The summed E-state index contributed by atoms with van der Waals surface area (Å²) >= 11 is 5.96. The average molecular weight is 510 g/mol. The number of ether oxygens (including phenoxy) is 3. The fraction of sp³-hybridized carbons (Fsp3) is 0.280. The Morgan fingerprint density at radius 2 is 2.00 bits per heavy atom. The highest BCUT2D eigenvalue weighted by Gasteiger charge is 2.34. The van der Waals surface area contributed by atoms with E-state index in [1.807, 2.05) is 0 Å². The summed E-state index contributed by atoms with van der Waals surface area (Å²) < 4.78 is 19.8. The molecule has 4 aromatic rings. The van der Waals surface area contributed by atoms with Crippen molar-refractivity contribution in [1.29, 1.82) is 0 Å². The molecule has 0 spiro atoms. The lowest BCUT2D eigenvalue weighted by Crippen LogP contribution is -2.30. The van der Waals surface area contributed by atoms with E-state index in [-0.39, 0.29) is 30.9 Å². The summed E-state index contributed by atoms with van der Waals surface area (Å²) in [5.74, 6) is 0.697. The molecule has 0 radical (unpaired) electrons. The number of aromatic nitrogens is 4. The molecule has 1 saturated carbocycles. The third-order valence-electron chi connectivity index (χ3n) is 5.98. The minimum absolute atomic E-state index is 0.175. The van der Waals surface area contributed by atoms with Crippen LogP contribution in [0.3, 0.4) is 0 Å². The van der Waals surface area contributed by atoms with Gasteiger partial charge in [0.05, 0.1) is 35.8 Å². The quantitative estimate of drug-likeness (QED) is 0.342. The highest BCUT2D eigenvalue weighted by molar-refractivity contribution is 6.30. The Labute approximate surface area is 211 Å². The number of nitrogens with two attached hydrogens (primary N) is 1. The van der Waals surface area contributed by atoms with Crippen molar-refractivity contribution < 1.29 is 19.0 Å². The number of nitrogens with zero attached hydrogens (tertiary/aromatic N) is 4. The third-order valence-corrected chi connectivity index (χ3v) is 6.20. The lowest BCUT2D eigenvalue weighted by Gasteiger charge is -2.19. The predicted octanol–water partition coefficient (Wildman–Crippen LogP) is 2.87. The van der Waals surface area contributed by atoms with E-state index in [0.29, 0.717) is 39.2 Å². The maximum absolute atomic E-state index is 13.5. The molecule has 1 atom stereocenters. The second kappa shape index (κ2) is 10.00. The molecule has 186 valence electrons. The van der Waals surface area contributed by atoms with Crippen molar-refractivity contribution in [3.63, 3.8) is 0 Å². The molecular weight excluding hydrogens is 486 g/mol. The van der Waals surface area contributed by atoms with E-state index < -0.39 is 5.97 Å². The number of pyridine rings is 1. The maximum atomic E-state index is 13.5. The molecule has 2 N–H and O–H groups in total. The third kappa shape index (κ3) is 4.77. The van der Waals surface area contributed by atoms with E-state index in [1.54, 1.807) is 42.5 Å². The molecule has 0 bridgehead atoms. The Hall–Kier alpha value is -3.89. The zero-order valence-electron chi connectivity index (χ0n) is 19.5. The zero-order valence-corrected chi connectivity index (χ0v) is 20.2. The number of esters is 1. The first-order valence-electron chi connectivity index (χ1n) is 11.4. The van der Waals surface area contributed by atoms with Gasteiger partial charge in [0.25, 0.3) is 0 Å². The summed E-state index contributed by atoms with van der Waals surface area (Å²) in [6.07, 6.45) is 4.58. The van der Waals surface area contributed by atoms with Gasteiger partial charge in [-0.05, 0) is 55.2 Å². The van der Waals surface area contributed by atoms with Gasteiger partial charge in [0.1, 0.15) is 24.7 Å². The number of halogens is 1. The minimum Gasteiger partial charge on any atom is -0.493 e. The van der Waals surface area contributed by atoms with Crippen molar-refractivity contribution in [2.75, 3.05) is 20.3 Å². The van der Waals surface area contributed by atoms with E-state index in [4.69, 9.17) is 31.5 Å². The van der Waals surface area contributed by atoms with Crippen LogP contribution >= 0.6 is 11.6 Å². The van der Waals surface area contributed by atoms with Crippen molar-refractivity contribution in [3.8, 4) is 28.6 Å². The molecule has 0 aliphatic heterocycles. The van der Waals surface area contributed by atoms with Crippen molar-refractivity contribution in [2.24, 2.45) is 11.7 Å². The molecule has 11 heteroatoms. The molecule has 1 fully saturated rings. The van der Waals surface area contributed by atoms with Crippen LogP contribution in [0.25, 0.3) is 22.7 Å². The highest BCUT2D eigenvalue weighted by Crippen LogP contribution is 2.36. The van der Waals surface area contributed by atoms with Crippen LogP contribution in [0, 0.1) is 5.92 Å². The van der Waals surface area contributed by atoms with Crippen LogP contribution in [-0.4, -0.2) is 51.3 Å². The second-order valence-corrected chi connectivity index (χ2v) is 8.82. The van der Waals surface area contributed by atoms with Crippen LogP contribution < -0.4 is 20.9 Å². The monoisotopic (exact) mass is 509 g/mol. The molecule has 5 rings (SSSR count).